The monoisotopic (exact) mass is 454 g/mol. The van der Waals surface area contributed by atoms with Crippen molar-refractivity contribution in [2.75, 3.05) is 0 Å². The van der Waals surface area contributed by atoms with Crippen molar-refractivity contribution in [3.8, 4) is 0 Å². The van der Waals surface area contributed by atoms with E-state index in [-0.39, 0.29) is 23.9 Å². The van der Waals surface area contributed by atoms with Gasteiger partial charge in [-0.05, 0) is 93.9 Å². The van der Waals surface area contributed by atoms with Gasteiger partial charge in [-0.2, -0.15) is 10.1 Å². The molecule has 0 spiro atoms. The molecule has 0 aliphatic carbocycles. The predicted molar refractivity (Wildman–Crippen MR) is 124 cm³/mol. The molecule has 32 heavy (non-hydrogen) atoms. The van der Waals surface area contributed by atoms with Crippen LogP contribution < -0.4 is 10.6 Å². The zero-order valence-corrected chi connectivity index (χ0v) is 21.4. The molecule has 0 bridgehead atoms. The van der Waals surface area contributed by atoms with Crippen molar-refractivity contribution in [3.63, 3.8) is 0 Å². The summed E-state index contributed by atoms with van der Waals surface area (Å²) in [7, 11) is 0. The second-order valence-corrected chi connectivity index (χ2v) is 12.4. The van der Waals surface area contributed by atoms with Gasteiger partial charge in [0.2, 0.25) is 11.8 Å². The Morgan fingerprint density at radius 2 is 0.906 bits per heavy atom. The zero-order chi connectivity index (χ0) is 24.5. The van der Waals surface area contributed by atoms with Crippen LogP contribution in [0.1, 0.15) is 107 Å². The van der Waals surface area contributed by atoms with Gasteiger partial charge in [-0.15, -0.1) is 0 Å². The van der Waals surface area contributed by atoms with Crippen LogP contribution in [0.3, 0.4) is 0 Å². The van der Waals surface area contributed by atoms with Crippen LogP contribution in [0.25, 0.3) is 0 Å². The number of amides is 2. The topological polar surface area (TPSA) is 105 Å². The third-order valence-corrected chi connectivity index (χ3v) is 7.07. The number of rotatable bonds is 7. The molecule has 2 rings (SSSR count). The summed E-state index contributed by atoms with van der Waals surface area (Å²) in [6.07, 6.45) is 4.91. The van der Waals surface area contributed by atoms with E-state index >= 15 is 0 Å². The van der Waals surface area contributed by atoms with Crippen LogP contribution >= 0.6 is 0 Å². The highest BCUT2D eigenvalue weighted by atomic mass is 16.5. The van der Waals surface area contributed by atoms with Crippen molar-refractivity contribution in [1.29, 1.82) is 0 Å². The third kappa shape index (κ3) is 6.65. The fourth-order valence-corrected chi connectivity index (χ4v) is 5.92. The molecule has 0 unspecified atom stereocenters. The molecular formula is C24H46N4O4. The van der Waals surface area contributed by atoms with E-state index in [1.807, 2.05) is 55.4 Å². The molecule has 8 nitrogen and oxygen atoms in total. The van der Waals surface area contributed by atoms with Crippen LogP contribution in [0.5, 0.6) is 0 Å². The lowest BCUT2D eigenvalue weighted by Crippen LogP contribution is -2.63. The molecule has 0 aromatic heterocycles. The lowest BCUT2D eigenvalue weighted by atomic mass is 9.79. The molecule has 2 aliphatic rings. The average molecular weight is 455 g/mol. The van der Waals surface area contributed by atoms with E-state index in [0.717, 1.165) is 0 Å². The molecule has 0 aromatic carbocycles. The summed E-state index contributed by atoms with van der Waals surface area (Å²) in [5.74, 6) is 0.0134. The number of unbranched alkanes of at least 4 members (excludes halogenated alkanes) is 1. The summed E-state index contributed by atoms with van der Waals surface area (Å²) < 4.78 is 0. The first-order valence-electron chi connectivity index (χ1n) is 12.0. The zero-order valence-electron chi connectivity index (χ0n) is 21.4. The van der Waals surface area contributed by atoms with E-state index < -0.39 is 22.2 Å². The molecule has 2 fully saturated rings. The Labute approximate surface area is 194 Å². The van der Waals surface area contributed by atoms with Gasteiger partial charge in [0.15, 0.2) is 0 Å². The Morgan fingerprint density at radius 1 is 0.656 bits per heavy atom. The van der Waals surface area contributed by atoms with E-state index in [1.54, 1.807) is 0 Å². The molecular weight excluding hydrogens is 408 g/mol. The molecule has 0 radical (unpaired) electrons. The standard InChI is InChI=1S/C24H46N4O4/c1-21(2)13-17(14-22(3,4)27(21)31)25-19(29)11-9-10-12-20(30)26-18-15-23(5,6)28(32)24(7,8)16-18/h17-18,31-32H,9-16H2,1-8H3,(H,25,29)(H,26,30). The molecule has 0 aromatic rings. The summed E-state index contributed by atoms with van der Waals surface area (Å²) in [6, 6.07) is 0.0617. The maximum absolute atomic E-state index is 12.4. The van der Waals surface area contributed by atoms with Crippen LogP contribution in [0, 0.1) is 0 Å². The summed E-state index contributed by atoms with van der Waals surface area (Å²) in [4.78, 5) is 24.9. The van der Waals surface area contributed by atoms with Gasteiger partial charge in [-0.25, -0.2) is 0 Å². The number of hydrogen-bond acceptors (Lipinski definition) is 6. The smallest absolute Gasteiger partial charge is 0.220 e. The summed E-state index contributed by atoms with van der Waals surface area (Å²) in [6.45, 7) is 15.9. The van der Waals surface area contributed by atoms with E-state index in [2.05, 4.69) is 10.6 Å². The minimum absolute atomic E-state index is 0.00668. The first-order valence-corrected chi connectivity index (χ1v) is 12.0. The normalized spacial score (nSPS) is 25.9. The average Bonchev–Trinajstić information content (AvgIpc) is 2.60. The van der Waals surface area contributed by atoms with Crippen LogP contribution in [0.2, 0.25) is 0 Å². The summed E-state index contributed by atoms with van der Waals surface area (Å²) in [5, 5.41) is 29.9. The fraction of sp³-hybridized carbons (Fsp3) is 0.917. The van der Waals surface area contributed by atoms with Crippen molar-refractivity contribution in [1.82, 2.24) is 20.8 Å². The van der Waals surface area contributed by atoms with Gasteiger partial charge >= 0.3 is 0 Å². The lowest BCUT2D eigenvalue weighted by molar-refractivity contribution is -0.246. The van der Waals surface area contributed by atoms with Gasteiger partial charge in [0.1, 0.15) is 0 Å². The highest BCUT2D eigenvalue weighted by molar-refractivity contribution is 5.77. The quantitative estimate of drug-likeness (QED) is 0.438. The van der Waals surface area contributed by atoms with Crippen molar-refractivity contribution < 1.29 is 20.0 Å². The number of hydrogen-bond donors (Lipinski definition) is 4. The van der Waals surface area contributed by atoms with Crippen molar-refractivity contribution in [2.24, 2.45) is 0 Å². The maximum atomic E-state index is 12.4. The Bertz CT molecular complexity index is 595. The van der Waals surface area contributed by atoms with Gasteiger partial charge in [-0.1, -0.05) is 0 Å². The Hall–Kier alpha value is -1.22. The molecule has 4 N–H and O–H groups in total. The second kappa shape index (κ2) is 9.57. The van der Waals surface area contributed by atoms with Gasteiger partial charge in [0, 0.05) is 47.1 Å². The van der Waals surface area contributed by atoms with Gasteiger partial charge in [0.05, 0.1) is 0 Å². The highest BCUT2D eigenvalue weighted by Crippen LogP contribution is 2.37. The SMILES string of the molecule is CC1(C)CC(NC(=O)CCCCC(=O)NC2CC(C)(C)N(O)C(C)(C)C2)CC(C)(C)N1O. The van der Waals surface area contributed by atoms with Gasteiger partial charge in [-0.3, -0.25) is 9.59 Å². The van der Waals surface area contributed by atoms with E-state index in [9.17, 15) is 20.0 Å². The van der Waals surface area contributed by atoms with Crippen LogP contribution in [-0.2, 0) is 9.59 Å². The summed E-state index contributed by atoms with van der Waals surface area (Å²) in [5.41, 5.74) is -1.58. The number of carbonyl (C=O) groups is 2. The lowest BCUT2D eigenvalue weighted by Gasteiger charge is -2.51. The molecule has 186 valence electrons. The molecule has 2 saturated heterocycles. The molecule has 8 heteroatoms. The molecule has 0 saturated carbocycles. The van der Waals surface area contributed by atoms with Crippen LogP contribution in [0.15, 0.2) is 0 Å². The van der Waals surface area contributed by atoms with E-state index in [4.69, 9.17) is 0 Å². The van der Waals surface area contributed by atoms with Crippen LogP contribution in [-0.4, -0.2) is 66.6 Å². The highest BCUT2D eigenvalue weighted by Gasteiger charge is 2.46. The number of carbonyl (C=O) groups excluding carboxylic acids is 2. The Kier molecular flexibility index (Phi) is 8.08. The maximum Gasteiger partial charge on any atom is 0.220 e. The fourth-order valence-electron chi connectivity index (χ4n) is 5.92. The molecule has 2 heterocycles. The minimum atomic E-state index is -0.396. The van der Waals surface area contributed by atoms with E-state index in [0.29, 0.717) is 51.4 Å². The largest absolute Gasteiger partial charge is 0.353 e. The van der Waals surface area contributed by atoms with Gasteiger partial charge < -0.3 is 21.0 Å². The molecule has 0 atom stereocenters. The third-order valence-electron chi connectivity index (χ3n) is 7.07. The van der Waals surface area contributed by atoms with Gasteiger partial charge in [0.25, 0.3) is 0 Å². The van der Waals surface area contributed by atoms with Crippen molar-refractivity contribution in [3.05, 3.63) is 0 Å². The van der Waals surface area contributed by atoms with Crippen molar-refractivity contribution in [2.45, 2.75) is 141 Å². The summed E-state index contributed by atoms with van der Waals surface area (Å²) >= 11 is 0. The van der Waals surface area contributed by atoms with Crippen molar-refractivity contribution >= 4 is 11.8 Å². The first-order chi connectivity index (χ1) is 14.5. The number of nitrogens with one attached hydrogen (secondary N) is 2. The number of hydroxylamine groups is 4. The Morgan fingerprint density at radius 3 is 1.16 bits per heavy atom. The number of nitrogens with zero attached hydrogens (tertiary/aromatic N) is 2. The minimum Gasteiger partial charge on any atom is -0.353 e. The number of piperidine rings is 2. The predicted octanol–water partition coefficient (Wildman–Crippen LogP) is 3.60. The Balaban J connectivity index is 1.71. The first kappa shape index (κ1) is 27.0. The van der Waals surface area contributed by atoms with E-state index in [1.165, 1.54) is 10.1 Å². The molecule has 2 aliphatic heterocycles. The second-order valence-electron chi connectivity index (χ2n) is 12.4. The van der Waals surface area contributed by atoms with Crippen LogP contribution in [0.4, 0.5) is 0 Å². The molecule has 2 amide bonds.